The molecule has 0 saturated heterocycles. The predicted molar refractivity (Wildman–Crippen MR) is 172 cm³/mol. The van der Waals surface area contributed by atoms with Gasteiger partial charge in [-0.05, 0) is 68.1 Å². The monoisotopic (exact) mass is 641 g/mol. The molecule has 2 amide bonds. The van der Waals surface area contributed by atoms with Crippen molar-refractivity contribution in [3.63, 3.8) is 0 Å². The van der Waals surface area contributed by atoms with E-state index in [1.165, 1.54) is 37.3 Å². The number of hydrogen-bond acceptors (Lipinski definition) is 6. The number of carbonyl (C=O) groups excluding carboxylic acids is 2. The molecule has 1 aliphatic carbocycles. The molecule has 9 nitrogen and oxygen atoms in total. The summed E-state index contributed by atoms with van der Waals surface area (Å²) < 4.78 is 40.1. The first-order valence-corrected chi connectivity index (χ1v) is 16.5. The van der Waals surface area contributed by atoms with Gasteiger partial charge in [-0.15, -0.1) is 0 Å². The minimum Gasteiger partial charge on any atom is -0.493 e. The van der Waals surface area contributed by atoms with E-state index in [1.54, 1.807) is 24.3 Å². The van der Waals surface area contributed by atoms with Crippen LogP contribution < -0.4 is 19.1 Å². The van der Waals surface area contributed by atoms with Gasteiger partial charge in [-0.2, -0.15) is 0 Å². The van der Waals surface area contributed by atoms with E-state index in [0.29, 0.717) is 17.2 Å². The first kappa shape index (κ1) is 33.1. The molecular formula is C33H40ClN3O6S. The summed E-state index contributed by atoms with van der Waals surface area (Å²) in [7, 11) is -1.42. The molecule has 0 heterocycles. The molecule has 3 aromatic carbocycles. The van der Waals surface area contributed by atoms with Crippen molar-refractivity contribution < 1.29 is 27.5 Å². The Morgan fingerprint density at radius 1 is 0.977 bits per heavy atom. The minimum absolute atomic E-state index is 0.0727. The van der Waals surface area contributed by atoms with Gasteiger partial charge in [0.2, 0.25) is 11.8 Å². The van der Waals surface area contributed by atoms with E-state index >= 15 is 0 Å². The first-order valence-electron chi connectivity index (χ1n) is 14.7. The molecule has 0 spiro atoms. The van der Waals surface area contributed by atoms with Gasteiger partial charge in [0.25, 0.3) is 10.0 Å². The summed E-state index contributed by atoms with van der Waals surface area (Å²) in [6.45, 7) is 3.41. The Morgan fingerprint density at radius 2 is 1.66 bits per heavy atom. The Bertz CT molecular complexity index is 1560. The second-order valence-electron chi connectivity index (χ2n) is 10.9. The standard InChI is InChI=1S/C33H40ClN3O6S/c1-5-29(33(39)35-26-11-6-7-12-26)36(21-24-10-8-9-23(2)19-24)32(38)22-37(27-15-13-25(34)14-16-27)44(40,41)28-17-18-30(42-3)31(20-28)43-4/h8-10,13-20,26,29H,5-7,11-12,21-22H2,1-4H3,(H,35,39)/t29-/m1/s1. The van der Waals surface area contributed by atoms with Crippen molar-refractivity contribution in [3.05, 3.63) is 82.9 Å². The number of rotatable bonds is 13. The highest BCUT2D eigenvalue weighted by molar-refractivity contribution is 7.92. The fourth-order valence-electron chi connectivity index (χ4n) is 5.53. The number of ether oxygens (including phenoxy) is 2. The highest BCUT2D eigenvalue weighted by atomic mass is 35.5. The van der Waals surface area contributed by atoms with Crippen LogP contribution in [0.15, 0.2) is 71.6 Å². The van der Waals surface area contributed by atoms with Gasteiger partial charge in [-0.25, -0.2) is 8.42 Å². The number of methoxy groups -OCH3 is 2. The third kappa shape index (κ3) is 7.84. The average Bonchev–Trinajstić information content (AvgIpc) is 3.52. The molecule has 44 heavy (non-hydrogen) atoms. The van der Waals surface area contributed by atoms with Gasteiger partial charge in [-0.3, -0.25) is 13.9 Å². The van der Waals surface area contributed by atoms with Crippen LogP contribution in [0.2, 0.25) is 5.02 Å². The summed E-state index contributed by atoms with van der Waals surface area (Å²) in [6, 6.07) is 17.5. The molecule has 1 fully saturated rings. The van der Waals surface area contributed by atoms with Crippen molar-refractivity contribution in [2.75, 3.05) is 25.1 Å². The maximum Gasteiger partial charge on any atom is 0.264 e. The number of carbonyl (C=O) groups is 2. The molecule has 1 atom stereocenters. The third-order valence-electron chi connectivity index (χ3n) is 7.86. The SMILES string of the molecule is CC[C@H](C(=O)NC1CCCC1)N(Cc1cccc(C)c1)C(=O)CN(c1ccc(Cl)cc1)S(=O)(=O)c1ccc(OC)c(OC)c1. The molecule has 11 heteroatoms. The van der Waals surface area contributed by atoms with Crippen molar-refractivity contribution in [1.29, 1.82) is 0 Å². The molecular weight excluding hydrogens is 602 g/mol. The van der Waals surface area contributed by atoms with Crippen LogP contribution in [0.3, 0.4) is 0 Å². The average molecular weight is 642 g/mol. The fourth-order valence-corrected chi connectivity index (χ4v) is 7.09. The zero-order valence-electron chi connectivity index (χ0n) is 25.6. The van der Waals surface area contributed by atoms with Crippen LogP contribution in [-0.4, -0.2) is 58.0 Å². The Hall–Kier alpha value is -3.76. The second kappa shape index (κ2) is 14.8. The highest BCUT2D eigenvalue weighted by Gasteiger charge is 2.35. The molecule has 0 aliphatic heterocycles. The van der Waals surface area contributed by atoms with E-state index < -0.39 is 28.5 Å². The molecule has 1 saturated carbocycles. The largest absolute Gasteiger partial charge is 0.493 e. The van der Waals surface area contributed by atoms with Crippen LogP contribution in [-0.2, 0) is 26.2 Å². The van der Waals surface area contributed by atoms with Crippen molar-refractivity contribution in [3.8, 4) is 11.5 Å². The highest BCUT2D eigenvalue weighted by Crippen LogP contribution is 2.33. The van der Waals surface area contributed by atoms with Crippen LogP contribution in [0.1, 0.15) is 50.2 Å². The number of anilines is 1. The van der Waals surface area contributed by atoms with Gasteiger partial charge in [0, 0.05) is 23.7 Å². The van der Waals surface area contributed by atoms with E-state index in [2.05, 4.69) is 5.32 Å². The van der Waals surface area contributed by atoms with Crippen molar-refractivity contribution >= 4 is 39.1 Å². The molecule has 1 N–H and O–H groups in total. The van der Waals surface area contributed by atoms with Gasteiger partial charge < -0.3 is 19.7 Å². The van der Waals surface area contributed by atoms with Crippen LogP contribution >= 0.6 is 11.6 Å². The minimum atomic E-state index is -4.30. The van der Waals surface area contributed by atoms with Crippen molar-refractivity contribution in [2.45, 2.75) is 69.5 Å². The van der Waals surface area contributed by atoms with Crippen LogP contribution in [0.25, 0.3) is 0 Å². The van der Waals surface area contributed by atoms with E-state index in [9.17, 15) is 18.0 Å². The summed E-state index contributed by atoms with van der Waals surface area (Å²) in [5.41, 5.74) is 2.10. The zero-order chi connectivity index (χ0) is 31.9. The lowest BCUT2D eigenvalue weighted by atomic mass is 10.1. The number of nitrogens with one attached hydrogen (secondary N) is 1. The molecule has 0 aromatic heterocycles. The molecule has 0 radical (unpaired) electrons. The Kier molecular flexibility index (Phi) is 11.2. The van der Waals surface area contributed by atoms with Crippen LogP contribution in [0.4, 0.5) is 5.69 Å². The molecule has 1 aliphatic rings. The summed E-state index contributed by atoms with van der Waals surface area (Å²) in [5, 5.41) is 3.54. The Balaban J connectivity index is 1.74. The Morgan fingerprint density at radius 3 is 2.27 bits per heavy atom. The van der Waals surface area contributed by atoms with E-state index in [0.717, 1.165) is 41.1 Å². The summed E-state index contributed by atoms with van der Waals surface area (Å²) >= 11 is 6.13. The predicted octanol–water partition coefficient (Wildman–Crippen LogP) is 5.73. The number of aryl methyl sites for hydroxylation is 1. The smallest absolute Gasteiger partial charge is 0.264 e. The number of benzene rings is 3. The van der Waals surface area contributed by atoms with E-state index in [-0.39, 0.29) is 34.8 Å². The first-order chi connectivity index (χ1) is 21.1. The number of hydrogen-bond donors (Lipinski definition) is 1. The van der Waals surface area contributed by atoms with Gasteiger partial charge >= 0.3 is 0 Å². The van der Waals surface area contributed by atoms with Gasteiger partial charge in [0.05, 0.1) is 24.8 Å². The van der Waals surface area contributed by atoms with Crippen molar-refractivity contribution in [1.82, 2.24) is 10.2 Å². The quantitative estimate of drug-likeness (QED) is 0.256. The Labute approximate surface area is 265 Å². The summed E-state index contributed by atoms with van der Waals surface area (Å²) in [5.74, 6) is -0.157. The summed E-state index contributed by atoms with van der Waals surface area (Å²) in [6.07, 6.45) is 4.28. The van der Waals surface area contributed by atoms with Gasteiger partial charge in [-0.1, -0.05) is 61.2 Å². The maximum absolute atomic E-state index is 14.3. The topological polar surface area (TPSA) is 105 Å². The van der Waals surface area contributed by atoms with Crippen LogP contribution in [0.5, 0.6) is 11.5 Å². The lowest BCUT2D eigenvalue weighted by molar-refractivity contribution is -0.140. The maximum atomic E-state index is 14.3. The number of nitrogens with zero attached hydrogens (tertiary/aromatic N) is 2. The lowest BCUT2D eigenvalue weighted by Gasteiger charge is -2.34. The van der Waals surface area contributed by atoms with Crippen molar-refractivity contribution in [2.24, 2.45) is 0 Å². The molecule has 0 bridgehead atoms. The molecule has 236 valence electrons. The zero-order valence-corrected chi connectivity index (χ0v) is 27.2. The third-order valence-corrected chi connectivity index (χ3v) is 9.88. The lowest BCUT2D eigenvalue weighted by Crippen LogP contribution is -2.53. The van der Waals surface area contributed by atoms with Gasteiger partial charge in [0.1, 0.15) is 12.6 Å². The second-order valence-corrected chi connectivity index (χ2v) is 13.2. The molecule has 0 unspecified atom stereocenters. The van der Waals surface area contributed by atoms with E-state index in [4.69, 9.17) is 21.1 Å². The van der Waals surface area contributed by atoms with Gasteiger partial charge in [0.15, 0.2) is 11.5 Å². The fraction of sp³-hybridized carbons (Fsp3) is 0.394. The van der Waals surface area contributed by atoms with Crippen LogP contribution in [0, 0.1) is 6.92 Å². The number of amides is 2. The number of sulfonamides is 1. The van der Waals surface area contributed by atoms with E-state index in [1.807, 2.05) is 38.1 Å². The molecule has 4 rings (SSSR count). The molecule has 3 aromatic rings. The normalized spacial score (nSPS) is 14.1. The number of halogens is 1. The summed E-state index contributed by atoms with van der Waals surface area (Å²) in [4.78, 5) is 29.3.